The first-order valence-corrected chi connectivity index (χ1v) is 7.70. The molecule has 0 heterocycles. The molecule has 0 radical (unpaired) electrons. The van der Waals surface area contributed by atoms with Crippen LogP contribution in [-0.4, -0.2) is 30.6 Å². The van der Waals surface area contributed by atoms with Gasteiger partial charge in [0.05, 0.1) is 18.9 Å². The van der Waals surface area contributed by atoms with Gasteiger partial charge >= 0.3 is 6.09 Å². The van der Waals surface area contributed by atoms with Crippen LogP contribution in [0.25, 0.3) is 0 Å². The van der Waals surface area contributed by atoms with Crippen LogP contribution in [0.1, 0.15) is 47.1 Å². The number of nitrogens with zero attached hydrogens (tertiary/aromatic N) is 1. The van der Waals surface area contributed by atoms with Crippen molar-refractivity contribution in [3.8, 4) is 11.5 Å². The van der Waals surface area contributed by atoms with Gasteiger partial charge in [0.15, 0.2) is 11.5 Å². The molecule has 6 nitrogen and oxygen atoms in total. The van der Waals surface area contributed by atoms with Gasteiger partial charge in [-0.15, -0.1) is 0 Å². The Morgan fingerprint density at radius 1 is 1.13 bits per heavy atom. The Hall–Kier alpha value is -2.24. The summed E-state index contributed by atoms with van der Waals surface area (Å²) in [7, 11) is 0. The average molecular weight is 322 g/mol. The minimum atomic E-state index is -0.590. The summed E-state index contributed by atoms with van der Waals surface area (Å²) in [5.74, 6) is 1.34. The molecule has 0 atom stereocenters. The number of benzene rings is 1. The first kappa shape index (κ1) is 18.8. The summed E-state index contributed by atoms with van der Waals surface area (Å²) in [5.41, 5.74) is 3.29. The summed E-state index contributed by atoms with van der Waals surface area (Å²) in [6.45, 7) is 12.1. The molecule has 1 aromatic rings. The fourth-order valence-electron chi connectivity index (χ4n) is 1.77. The summed E-state index contributed by atoms with van der Waals surface area (Å²) in [6.07, 6.45) is -0.590. The van der Waals surface area contributed by atoms with Gasteiger partial charge in [0.2, 0.25) is 0 Å². The quantitative estimate of drug-likeness (QED) is 0.640. The van der Waals surface area contributed by atoms with Crippen molar-refractivity contribution in [2.45, 2.75) is 47.1 Å². The number of nitrogens with one attached hydrogen (secondary N) is 1. The van der Waals surface area contributed by atoms with Crippen LogP contribution in [0.15, 0.2) is 23.3 Å². The Morgan fingerprint density at radius 2 is 1.74 bits per heavy atom. The number of hydrogen-bond donors (Lipinski definition) is 1. The molecule has 1 N–H and O–H groups in total. The van der Waals surface area contributed by atoms with Gasteiger partial charge in [-0.05, 0) is 59.7 Å². The molecular weight excluding hydrogens is 296 g/mol. The maximum Gasteiger partial charge on any atom is 0.428 e. The summed E-state index contributed by atoms with van der Waals surface area (Å²) >= 11 is 0. The third-order valence-corrected chi connectivity index (χ3v) is 2.67. The van der Waals surface area contributed by atoms with Crippen molar-refractivity contribution in [1.82, 2.24) is 5.43 Å². The van der Waals surface area contributed by atoms with E-state index < -0.39 is 11.7 Å². The maximum absolute atomic E-state index is 11.6. The number of carbonyl (C=O) groups excluding carboxylic acids is 1. The lowest BCUT2D eigenvalue weighted by Gasteiger charge is -2.18. The van der Waals surface area contributed by atoms with E-state index in [0.29, 0.717) is 30.4 Å². The molecule has 0 unspecified atom stereocenters. The van der Waals surface area contributed by atoms with Crippen molar-refractivity contribution in [3.63, 3.8) is 0 Å². The molecule has 6 heteroatoms. The second-order valence-electron chi connectivity index (χ2n) is 5.84. The van der Waals surface area contributed by atoms with E-state index in [0.717, 1.165) is 5.56 Å². The largest absolute Gasteiger partial charge is 0.490 e. The number of carbonyl (C=O) groups is 1. The SMILES string of the molecule is CCOc1ccc(/C(C)=N\NC(=O)OC(C)(C)C)cc1OCC. The van der Waals surface area contributed by atoms with Gasteiger partial charge in [-0.25, -0.2) is 10.2 Å². The highest BCUT2D eigenvalue weighted by atomic mass is 16.6. The van der Waals surface area contributed by atoms with E-state index >= 15 is 0 Å². The topological polar surface area (TPSA) is 69.2 Å². The lowest BCUT2D eigenvalue weighted by Crippen LogP contribution is -2.30. The number of rotatable bonds is 6. The standard InChI is InChI=1S/C17H26N2O4/c1-7-21-14-10-9-13(11-15(14)22-8-2)12(3)18-19-16(20)23-17(4,5)6/h9-11H,7-8H2,1-6H3,(H,19,20)/b18-12-. The number of amides is 1. The average Bonchev–Trinajstić information content (AvgIpc) is 2.45. The van der Waals surface area contributed by atoms with E-state index in [9.17, 15) is 4.79 Å². The lowest BCUT2D eigenvalue weighted by atomic mass is 10.1. The zero-order valence-corrected chi connectivity index (χ0v) is 14.7. The predicted molar refractivity (Wildman–Crippen MR) is 90.4 cm³/mol. The minimum absolute atomic E-state index is 0.538. The third kappa shape index (κ3) is 6.59. The van der Waals surface area contributed by atoms with E-state index in [1.54, 1.807) is 27.7 Å². The van der Waals surface area contributed by atoms with Crippen molar-refractivity contribution >= 4 is 11.8 Å². The maximum atomic E-state index is 11.6. The van der Waals surface area contributed by atoms with E-state index in [-0.39, 0.29) is 0 Å². The summed E-state index contributed by atoms with van der Waals surface area (Å²) in [4.78, 5) is 11.6. The predicted octanol–water partition coefficient (Wildman–Crippen LogP) is 3.73. The van der Waals surface area contributed by atoms with Crippen LogP contribution in [0.2, 0.25) is 0 Å². The molecule has 0 aromatic heterocycles. The van der Waals surface area contributed by atoms with Gasteiger partial charge in [0.1, 0.15) is 5.60 Å². The molecule has 1 rings (SSSR count). The van der Waals surface area contributed by atoms with E-state index in [2.05, 4.69) is 10.5 Å². The molecular formula is C17H26N2O4. The highest BCUT2D eigenvalue weighted by Crippen LogP contribution is 2.28. The normalized spacial score (nSPS) is 11.8. The second kappa shape index (κ2) is 8.41. The summed E-state index contributed by atoms with van der Waals surface area (Å²) in [5, 5.41) is 4.05. The van der Waals surface area contributed by atoms with Crippen LogP contribution in [0.5, 0.6) is 11.5 Å². The van der Waals surface area contributed by atoms with Crippen LogP contribution in [0.3, 0.4) is 0 Å². The Kier molecular flexibility index (Phi) is 6.88. The summed E-state index contributed by atoms with van der Waals surface area (Å²) < 4.78 is 16.2. The lowest BCUT2D eigenvalue weighted by molar-refractivity contribution is 0.0529. The van der Waals surface area contributed by atoms with E-state index in [4.69, 9.17) is 14.2 Å². The van der Waals surface area contributed by atoms with Gasteiger partial charge in [-0.1, -0.05) is 0 Å². The molecule has 0 bridgehead atoms. The molecule has 0 aliphatic rings. The third-order valence-electron chi connectivity index (χ3n) is 2.67. The molecule has 0 aliphatic heterocycles. The Morgan fingerprint density at radius 3 is 2.30 bits per heavy atom. The molecule has 0 saturated heterocycles. The fourth-order valence-corrected chi connectivity index (χ4v) is 1.77. The fraction of sp³-hybridized carbons (Fsp3) is 0.529. The zero-order chi connectivity index (χ0) is 17.5. The number of ether oxygens (including phenoxy) is 3. The molecule has 23 heavy (non-hydrogen) atoms. The summed E-state index contributed by atoms with van der Waals surface area (Å²) in [6, 6.07) is 5.53. The Balaban J connectivity index is 2.86. The molecule has 128 valence electrons. The van der Waals surface area contributed by atoms with Gasteiger partial charge in [0, 0.05) is 5.56 Å². The van der Waals surface area contributed by atoms with Gasteiger partial charge in [0.25, 0.3) is 0 Å². The Labute approximate surface area is 137 Å². The highest BCUT2D eigenvalue weighted by Gasteiger charge is 2.15. The van der Waals surface area contributed by atoms with Crippen molar-refractivity contribution in [1.29, 1.82) is 0 Å². The zero-order valence-electron chi connectivity index (χ0n) is 14.7. The van der Waals surface area contributed by atoms with Gasteiger partial charge in [-0.2, -0.15) is 5.10 Å². The van der Waals surface area contributed by atoms with Gasteiger partial charge < -0.3 is 14.2 Å². The Bertz CT molecular complexity index is 562. The first-order chi connectivity index (χ1) is 10.8. The van der Waals surface area contributed by atoms with Crippen molar-refractivity contribution in [2.24, 2.45) is 5.10 Å². The molecule has 1 aromatic carbocycles. The first-order valence-electron chi connectivity index (χ1n) is 7.70. The van der Waals surface area contributed by atoms with Crippen molar-refractivity contribution in [2.75, 3.05) is 13.2 Å². The number of hydrazone groups is 1. The van der Waals surface area contributed by atoms with Gasteiger partial charge in [-0.3, -0.25) is 0 Å². The molecule has 0 aliphatic carbocycles. The van der Waals surface area contributed by atoms with Crippen LogP contribution in [0.4, 0.5) is 4.79 Å². The van der Waals surface area contributed by atoms with E-state index in [1.807, 2.05) is 32.0 Å². The van der Waals surface area contributed by atoms with Crippen LogP contribution in [0, 0.1) is 0 Å². The molecule has 0 spiro atoms. The van der Waals surface area contributed by atoms with Crippen LogP contribution < -0.4 is 14.9 Å². The minimum Gasteiger partial charge on any atom is -0.490 e. The van der Waals surface area contributed by atoms with Crippen molar-refractivity contribution < 1.29 is 19.0 Å². The molecule has 0 fully saturated rings. The highest BCUT2D eigenvalue weighted by molar-refractivity contribution is 5.99. The second-order valence-corrected chi connectivity index (χ2v) is 5.84. The van der Waals surface area contributed by atoms with E-state index in [1.165, 1.54) is 0 Å². The molecule has 1 amide bonds. The van der Waals surface area contributed by atoms with Crippen molar-refractivity contribution in [3.05, 3.63) is 23.8 Å². The molecule has 0 saturated carbocycles. The monoisotopic (exact) mass is 322 g/mol. The van der Waals surface area contributed by atoms with Crippen LogP contribution >= 0.6 is 0 Å². The number of hydrogen-bond acceptors (Lipinski definition) is 5. The van der Waals surface area contributed by atoms with Crippen LogP contribution in [-0.2, 0) is 4.74 Å². The smallest absolute Gasteiger partial charge is 0.428 e.